The summed E-state index contributed by atoms with van der Waals surface area (Å²) in [6, 6.07) is 10.7. The highest BCUT2D eigenvalue weighted by molar-refractivity contribution is 7.16. The van der Waals surface area contributed by atoms with Crippen LogP contribution in [0.5, 0.6) is 0 Å². The fourth-order valence-corrected chi connectivity index (χ4v) is 3.65. The quantitative estimate of drug-likeness (QED) is 0.525. The number of aromatic nitrogens is 3. The van der Waals surface area contributed by atoms with E-state index in [0.717, 1.165) is 10.4 Å². The minimum Gasteiger partial charge on any atom is -0.452 e. The molecule has 0 spiro atoms. The highest BCUT2D eigenvalue weighted by Gasteiger charge is 2.16. The lowest BCUT2D eigenvalue weighted by Crippen LogP contribution is -2.33. The molecular weight excluding hydrogens is 400 g/mol. The standard InChI is InChI=1S/C19H19ClN4O3S/c1-2-23(10-16-7-8-17(20)28-16)18(25)11-27-19(26)15-5-3-14(4-6-15)9-24-13-21-12-22-24/h3-8,12-13H,2,9-11H2,1H3. The van der Waals surface area contributed by atoms with Gasteiger partial charge in [0, 0.05) is 11.4 Å². The largest absolute Gasteiger partial charge is 0.452 e. The maximum atomic E-state index is 12.4. The third kappa shape index (κ3) is 5.40. The Morgan fingerprint density at radius 3 is 2.61 bits per heavy atom. The Bertz CT molecular complexity index is 925. The number of halogens is 1. The average Bonchev–Trinajstić information content (AvgIpc) is 3.36. The number of hydrogen-bond donors (Lipinski definition) is 0. The zero-order valence-corrected chi connectivity index (χ0v) is 16.8. The van der Waals surface area contributed by atoms with Crippen LogP contribution in [0.15, 0.2) is 49.1 Å². The first kappa shape index (κ1) is 20.0. The summed E-state index contributed by atoms with van der Waals surface area (Å²) in [4.78, 5) is 31.1. The number of hydrogen-bond acceptors (Lipinski definition) is 6. The molecule has 1 aromatic carbocycles. The van der Waals surface area contributed by atoms with Gasteiger partial charge in [-0.25, -0.2) is 14.5 Å². The van der Waals surface area contributed by atoms with Crippen LogP contribution in [0.2, 0.25) is 4.34 Å². The Morgan fingerprint density at radius 1 is 1.21 bits per heavy atom. The van der Waals surface area contributed by atoms with Crippen LogP contribution in [0.4, 0.5) is 0 Å². The highest BCUT2D eigenvalue weighted by Crippen LogP contribution is 2.22. The summed E-state index contributed by atoms with van der Waals surface area (Å²) < 4.78 is 7.55. The van der Waals surface area contributed by atoms with Crippen LogP contribution in [0.25, 0.3) is 0 Å². The number of thiophene rings is 1. The summed E-state index contributed by atoms with van der Waals surface area (Å²) in [6.07, 6.45) is 3.09. The van der Waals surface area contributed by atoms with Crippen LogP contribution < -0.4 is 0 Å². The van der Waals surface area contributed by atoms with Gasteiger partial charge < -0.3 is 9.64 Å². The summed E-state index contributed by atoms with van der Waals surface area (Å²) in [6.45, 7) is 3.10. The van der Waals surface area contributed by atoms with Gasteiger partial charge in [0.2, 0.25) is 0 Å². The van der Waals surface area contributed by atoms with Crippen LogP contribution in [-0.2, 0) is 22.6 Å². The third-order valence-electron chi connectivity index (χ3n) is 4.04. The first-order chi connectivity index (χ1) is 13.5. The van der Waals surface area contributed by atoms with Crippen molar-refractivity contribution in [2.24, 2.45) is 0 Å². The van der Waals surface area contributed by atoms with E-state index in [2.05, 4.69) is 10.1 Å². The van der Waals surface area contributed by atoms with Gasteiger partial charge in [0.1, 0.15) is 12.7 Å². The van der Waals surface area contributed by atoms with Crippen molar-refractivity contribution >= 4 is 34.8 Å². The van der Waals surface area contributed by atoms with E-state index in [-0.39, 0.29) is 12.5 Å². The van der Waals surface area contributed by atoms with Gasteiger partial charge in [-0.3, -0.25) is 4.79 Å². The summed E-state index contributed by atoms with van der Waals surface area (Å²) in [5.74, 6) is -0.779. The summed E-state index contributed by atoms with van der Waals surface area (Å²) in [5, 5.41) is 4.04. The topological polar surface area (TPSA) is 77.3 Å². The Morgan fingerprint density at radius 2 is 2.00 bits per heavy atom. The number of ether oxygens (including phenoxy) is 1. The molecular formula is C19H19ClN4O3S. The lowest BCUT2D eigenvalue weighted by molar-refractivity contribution is -0.134. The second-order valence-corrected chi connectivity index (χ2v) is 7.78. The number of amides is 1. The summed E-state index contributed by atoms with van der Waals surface area (Å²) in [7, 11) is 0. The first-order valence-electron chi connectivity index (χ1n) is 8.65. The molecule has 2 heterocycles. The molecule has 0 aliphatic heterocycles. The van der Waals surface area contributed by atoms with Crippen molar-refractivity contribution in [3.63, 3.8) is 0 Å². The van der Waals surface area contributed by atoms with Gasteiger partial charge >= 0.3 is 5.97 Å². The molecule has 0 saturated carbocycles. The number of esters is 1. The molecule has 7 nitrogen and oxygen atoms in total. The average molecular weight is 419 g/mol. The smallest absolute Gasteiger partial charge is 0.338 e. The zero-order valence-electron chi connectivity index (χ0n) is 15.2. The predicted molar refractivity (Wildman–Crippen MR) is 106 cm³/mol. The molecule has 9 heteroatoms. The molecule has 28 heavy (non-hydrogen) atoms. The van der Waals surface area contributed by atoms with Crippen molar-refractivity contribution in [2.75, 3.05) is 13.2 Å². The van der Waals surface area contributed by atoms with Gasteiger partial charge in [-0.05, 0) is 36.8 Å². The molecule has 3 rings (SSSR count). The monoisotopic (exact) mass is 418 g/mol. The van der Waals surface area contributed by atoms with Crippen LogP contribution in [0.3, 0.4) is 0 Å². The normalized spacial score (nSPS) is 10.6. The van der Waals surface area contributed by atoms with E-state index in [1.165, 1.54) is 17.7 Å². The molecule has 0 saturated heterocycles. The third-order valence-corrected chi connectivity index (χ3v) is 5.25. The maximum absolute atomic E-state index is 12.4. The van der Waals surface area contributed by atoms with Crippen molar-refractivity contribution in [1.82, 2.24) is 19.7 Å². The molecule has 2 aromatic heterocycles. The summed E-state index contributed by atoms with van der Waals surface area (Å²) in [5.41, 5.74) is 1.37. The second kappa shape index (κ2) is 9.48. The highest BCUT2D eigenvalue weighted by atomic mass is 35.5. The van der Waals surface area contributed by atoms with Crippen LogP contribution in [-0.4, -0.2) is 44.7 Å². The zero-order chi connectivity index (χ0) is 19.9. The number of likely N-dealkylation sites (N-methyl/N-ethyl adjacent to an activating group) is 1. The van der Waals surface area contributed by atoms with Crippen LogP contribution in [0, 0.1) is 0 Å². The van der Waals surface area contributed by atoms with Crippen molar-refractivity contribution in [3.05, 3.63) is 69.4 Å². The van der Waals surface area contributed by atoms with Crippen molar-refractivity contribution in [2.45, 2.75) is 20.0 Å². The van der Waals surface area contributed by atoms with E-state index in [9.17, 15) is 9.59 Å². The lowest BCUT2D eigenvalue weighted by Gasteiger charge is -2.20. The molecule has 146 valence electrons. The number of carbonyl (C=O) groups excluding carboxylic acids is 2. The van der Waals surface area contributed by atoms with Crippen LogP contribution >= 0.6 is 22.9 Å². The van der Waals surface area contributed by atoms with E-state index in [1.54, 1.807) is 34.1 Å². The number of carbonyl (C=O) groups is 2. The van der Waals surface area contributed by atoms with E-state index in [0.29, 0.717) is 29.5 Å². The van der Waals surface area contributed by atoms with Gasteiger partial charge in [-0.2, -0.15) is 5.10 Å². The Balaban J connectivity index is 1.51. The second-order valence-electron chi connectivity index (χ2n) is 5.98. The van der Waals surface area contributed by atoms with Crippen molar-refractivity contribution in [1.29, 1.82) is 0 Å². The number of rotatable bonds is 8. The fourth-order valence-electron chi connectivity index (χ4n) is 2.55. The fraction of sp³-hybridized carbons (Fsp3) is 0.263. The minimum atomic E-state index is -0.532. The van der Waals surface area contributed by atoms with Gasteiger partial charge in [0.15, 0.2) is 6.61 Å². The molecule has 0 aliphatic carbocycles. The van der Waals surface area contributed by atoms with Crippen LogP contribution in [0.1, 0.15) is 27.7 Å². The Hall–Kier alpha value is -2.71. The van der Waals surface area contributed by atoms with Gasteiger partial charge in [0.25, 0.3) is 5.91 Å². The molecule has 0 fully saturated rings. The molecule has 0 unspecified atom stereocenters. The molecule has 1 amide bonds. The molecule has 0 radical (unpaired) electrons. The number of nitrogens with zero attached hydrogens (tertiary/aromatic N) is 4. The Kier molecular flexibility index (Phi) is 6.78. The first-order valence-corrected chi connectivity index (χ1v) is 9.85. The van der Waals surface area contributed by atoms with Gasteiger partial charge in [-0.1, -0.05) is 23.7 Å². The molecule has 0 aliphatic rings. The summed E-state index contributed by atoms with van der Waals surface area (Å²) >= 11 is 7.35. The SMILES string of the molecule is CCN(Cc1ccc(Cl)s1)C(=O)COC(=O)c1ccc(Cn2cncn2)cc1. The van der Waals surface area contributed by atoms with E-state index in [1.807, 2.05) is 25.1 Å². The lowest BCUT2D eigenvalue weighted by atomic mass is 10.1. The predicted octanol–water partition coefficient (Wildman–Crippen LogP) is 3.25. The maximum Gasteiger partial charge on any atom is 0.338 e. The van der Waals surface area contributed by atoms with Gasteiger partial charge in [-0.15, -0.1) is 11.3 Å². The van der Waals surface area contributed by atoms with Crippen molar-refractivity contribution in [3.8, 4) is 0 Å². The molecule has 3 aromatic rings. The van der Waals surface area contributed by atoms with E-state index >= 15 is 0 Å². The van der Waals surface area contributed by atoms with Gasteiger partial charge in [0.05, 0.1) is 23.0 Å². The van der Waals surface area contributed by atoms with E-state index in [4.69, 9.17) is 16.3 Å². The van der Waals surface area contributed by atoms with E-state index < -0.39 is 5.97 Å². The minimum absolute atomic E-state index is 0.247. The number of benzene rings is 1. The Labute approximate surface area is 171 Å². The molecule has 0 atom stereocenters. The molecule has 0 bridgehead atoms. The molecule has 0 N–H and O–H groups in total. The van der Waals surface area contributed by atoms with Crippen molar-refractivity contribution < 1.29 is 14.3 Å².